The van der Waals surface area contributed by atoms with E-state index in [0.717, 1.165) is 0 Å². The molecule has 17 heavy (non-hydrogen) atoms. The minimum absolute atomic E-state index is 0.192. The van der Waals surface area contributed by atoms with Crippen LogP contribution in [0.5, 0.6) is 0 Å². The minimum Gasteiger partial charge on any atom is -0.399 e. The topological polar surface area (TPSA) is 66.6 Å². The molecule has 4 nitrogen and oxygen atoms in total. The highest BCUT2D eigenvalue weighted by Crippen LogP contribution is 2.20. The number of halogens is 1. The van der Waals surface area contributed by atoms with E-state index >= 15 is 0 Å². The molecule has 3 N–H and O–H groups in total. The number of rotatable bonds is 4. The zero-order chi connectivity index (χ0) is 13.0. The number of aliphatic hydroxyl groups is 1. The molecule has 0 aliphatic rings. The Kier molecular flexibility index (Phi) is 4.78. The van der Waals surface area contributed by atoms with Gasteiger partial charge in [0.05, 0.1) is 16.7 Å². The molecular weight excluding hydrogens is 240 g/mol. The van der Waals surface area contributed by atoms with Crippen LogP contribution in [-0.2, 0) is 0 Å². The normalized spacial score (nSPS) is 12.2. The van der Waals surface area contributed by atoms with Crippen molar-refractivity contribution >= 4 is 23.2 Å². The van der Waals surface area contributed by atoms with Crippen molar-refractivity contribution in [2.24, 2.45) is 0 Å². The van der Waals surface area contributed by atoms with Crippen molar-refractivity contribution in [1.82, 2.24) is 4.90 Å². The summed E-state index contributed by atoms with van der Waals surface area (Å²) >= 11 is 5.95. The number of benzene rings is 1. The van der Waals surface area contributed by atoms with Crippen molar-refractivity contribution in [2.45, 2.75) is 19.4 Å². The van der Waals surface area contributed by atoms with Gasteiger partial charge < -0.3 is 15.7 Å². The molecule has 1 aromatic carbocycles. The molecule has 1 unspecified atom stereocenters. The molecule has 0 spiro atoms. The molecule has 1 aromatic rings. The molecule has 1 amide bonds. The molecule has 94 valence electrons. The summed E-state index contributed by atoms with van der Waals surface area (Å²) in [4.78, 5) is 13.6. The number of aliphatic hydroxyl groups excluding tert-OH is 1. The average Bonchev–Trinajstić information content (AvgIpc) is 2.28. The van der Waals surface area contributed by atoms with Crippen LogP contribution in [0.4, 0.5) is 5.69 Å². The van der Waals surface area contributed by atoms with Gasteiger partial charge in [-0.3, -0.25) is 4.79 Å². The smallest absolute Gasteiger partial charge is 0.255 e. The highest BCUT2D eigenvalue weighted by Gasteiger charge is 2.15. The maximum Gasteiger partial charge on any atom is 0.255 e. The lowest BCUT2D eigenvalue weighted by Crippen LogP contribution is -2.29. The van der Waals surface area contributed by atoms with Crippen LogP contribution in [0.3, 0.4) is 0 Å². The van der Waals surface area contributed by atoms with Crippen molar-refractivity contribution in [3.8, 4) is 0 Å². The van der Waals surface area contributed by atoms with Gasteiger partial charge in [-0.05, 0) is 31.5 Å². The molecule has 0 bridgehead atoms. The fourth-order valence-corrected chi connectivity index (χ4v) is 1.59. The molecule has 0 heterocycles. The van der Waals surface area contributed by atoms with Crippen molar-refractivity contribution < 1.29 is 9.90 Å². The number of amides is 1. The van der Waals surface area contributed by atoms with Gasteiger partial charge >= 0.3 is 0 Å². The number of carbonyl (C=O) groups is 1. The molecule has 1 atom stereocenters. The Morgan fingerprint density at radius 3 is 2.82 bits per heavy atom. The summed E-state index contributed by atoms with van der Waals surface area (Å²) in [5.41, 5.74) is 6.51. The van der Waals surface area contributed by atoms with Crippen LogP contribution in [0.15, 0.2) is 18.2 Å². The summed E-state index contributed by atoms with van der Waals surface area (Å²) in [6.07, 6.45) is 0.101. The van der Waals surface area contributed by atoms with E-state index in [1.807, 2.05) is 0 Å². The third-order valence-electron chi connectivity index (χ3n) is 2.45. The maximum atomic E-state index is 12.0. The number of nitrogen functional groups attached to an aromatic ring is 1. The second kappa shape index (κ2) is 5.89. The summed E-state index contributed by atoms with van der Waals surface area (Å²) in [6, 6.07) is 4.81. The van der Waals surface area contributed by atoms with Gasteiger partial charge in [0.1, 0.15) is 0 Å². The van der Waals surface area contributed by atoms with Crippen LogP contribution >= 0.6 is 11.6 Å². The van der Waals surface area contributed by atoms with E-state index in [1.165, 1.54) is 4.90 Å². The lowest BCUT2D eigenvalue weighted by molar-refractivity contribution is 0.0769. The maximum absolute atomic E-state index is 12.0. The first-order valence-corrected chi connectivity index (χ1v) is 5.78. The van der Waals surface area contributed by atoms with Gasteiger partial charge in [0.15, 0.2) is 0 Å². The van der Waals surface area contributed by atoms with Crippen molar-refractivity contribution in [2.75, 3.05) is 19.3 Å². The lowest BCUT2D eigenvalue weighted by Gasteiger charge is -2.18. The Hall–Kier alpha value is -1.26. The highest BCUT2D eigenvalue weighted by atomic mass is 35.5. The zero-order valence-electron chi connectivity index (χ0n) is 9.98. The van der Waals surface area contributed by atoms with Crippen molar-refractivity contribution in [1.29, 1.82) is 0 Å². The van der Waals surface area contributed by atoms with E-state index < -0.39 is 6.10 Å². The number of carbonyl (C=O) groups excluding carboxylic acids is 1. The number of anilines is 1. The van der Waals surface area contributed by atoms with E-state index in [-0.39, 0.29) is 5.91 Å². The first-order valence-electron chi connectivity index (χ1n) is 5.40. The van der Waals surface area contributed by atoms with Crippen LogP contribution < -0.4 is 5.73 Å². The van der Waals surface area contributed by atoms with E-state index in [0.29, 0.717) is 29.2 Å². The van der Waals surface area contributed by atoms with Crippen molar-refractivity contribution in [3.05, 3.63) is 28.8 Å². The minimum atomic E-state index is -0.429. The number of hydrogen-bond donors (Lipinski definition) is 2. The Balaban J connectivity index is 2.78. The van der Waals surface area contributed by atoms with Crippen LogP contribution in [0.1, 0.15) is 23.7 Å². The Bertz CT molecular complexity index is 407. The van der Waals surface area contributed by atoms with Gasteiger partial charge in [-0.1, -0.05) is 11.6 Å². The standard InChI is InChI=1S/C12H17ClN2O2/c1-8(16)5-6-15(2)12(17)10-7-9(14)3-4-11(10)13/h3-4,7-8,16H,5-6,14H2,1-2H3. The Labute approximate surface area is 106 Å². The Morgan fingerprint density at radius 2 is 2.24 bits per heavy atom. The second-order valence-electron chi connectivity index (χ2n) is 4.10. The summed E-state index contributed by atoms with van der Waals surface area (Å²) < 4.78 is 0. The third-order valence-corrected chi connectivity index (χ3v) is 2.78. The predicted molar refractivity (Wildman–Crippen MR) is 69.1 cm³/mol. The van der Waals surface area contributed by atoms with Gasteiger partial charge in [0.25, 0.3) is 5.91 Å². The first-order chi connectivity index (χ1) is 7.91. The summed E-state index contributed by atoms with van der Waals surface area (Å²) in [5, 5.41) is 9.55. The van der Waals surface area contributed by atoms with Crippen molar-refractivity contribution in [3.63, 3.8) is 0 Å². The van der Waals surface area contributed by atoms with Crippen LogP contribution in [0.2, 0.25) is 5.02 Å². The van der Waals surface area contributed by atoms with Gasteiger partial charge in [-0.25, -0.2) is 0 Å². The SMILES string of the molecule is CC(O)CCN(C)C(=O)c1cc(N)ccc1Cl. The average molecular weight is 257 g/mol. The second-order valence-corrected chi connectivity index (χ2v) is 4.51. The van der Waals surface area contributed by atoms with Gasteiger partial charge in [-0.2, -0.15) is 0 Å². The fourth-order valence-electron chi connectivity index (χ4n) is 1.39. The predicted octanol–water partition coefficient (Wildman–Crippen LogP) is 1.77. The summed E-state index contributed by atoms with van der Waals surface area (Å²) in [7, 11) is 1.67. The summed E-state index contributed by atoms with van der Waals surface area (Å²) in [6.45, 7) is 2.16. The summed E-state index contributed by atoms with van der Waals surface area (Å²) in [5.74, 6) is -0.192. The molecule has 0 aromatic heterocycles. The van der Waals surface area contributed by atoms with E-state index in [1.54, 1.807) is 32.2 Å². The molecular formula is C12H17ClN2O2. The van der Waals surface area contributed by atoms with E-state index in [4.69, 9.17) is 22.4 Å². The van der Waals surface area contributed by atoms with E-state index in [9.17, 15) is 4.79 Å². The molecule has 0 radical (unpaired) electrons. The number of nitrogens with zero attached hydrogens (tertiary/aromatic N) is 1. The molecule has 1 rings (SSSR count). The molecule has 0 saturated heterocycles. The zero-order valence-corrected chi connectivity index (χ0v) is 10.7. The quantitative estimate of drug-likeness (QED) is 0.807. The van der Waals surface area contributed by atoms with Crippen LogP contribution in [-0.4, -0.2) is 35.6 Å². The molecule has 5 heteroatoms. The van der Waals surface area contributed by atoms with Gasteiger partial charge in [0, 0.05) is 19.3 Å². The molecule has 0 fully saturated rings. The third kappa shape index (κ3) is 3.91. The largest absolute Gasteiger partial charge is 0.399 e. The molecule has 0 aliphatic carbocycles. The van der Waals surface area contributed by atoms with E-state index in [2.05, 4.69) is 0 Å². The highest BCUT2D eigenvalue weighted by molar-refractivity contribution is 6.33. The van der Waals surface area contributed by atoms with Crippen LogP contribution in [0.25, 0.3) is 0 Å². The first kappa shape index (κ1) is 13.8. The number of nitrogens with two attached hydrogens (primary N) is 1. The molecule has 0 aliphatic heterocycles. The monoisotopic (exact) mass is 256 g/mol. The molecule has 0 saturated carbocycles. The van der Waals surface area contributed by atoms with Crippen LogP contribution in [0, 0.1) is 0 Å². The lowest BCUT2D eigenvalue weighted by atomic mass is 10.1. The fraction of sp³-hybridized carbons (Fsp3) is 0.417. The van der Waals surface area contributed by atoms with Gasteiger partial charge in [-0.15, -0.1) is 0 Å². The number of hydrogen-bond acceptors (Lipinski definition) is 3. The Morgan fingerprint density at radius 1 is 1.59 bits per heavy atom. The van der Waals surface area contributed by atoms with Gasteiger partial charge in [0.2, 0.25) is 0 Å².